The maximum absolute atomic E-state index is 12.0. The van der Waals surface area contributed by atoms with Crippen LogP contribution in [0.5, 0.6) is 5.88 Å². The number of pyridine rings is 1. The Balaban J connectivity index is 1.79. The normalized spacial score (nSPS) is 15.7. The van der Waals surface area contributed by atoms with E-state index in [1.165, 1.54) is 19.0 Å². The van der Waals surface area contributed by atoms with E-state index in [0.717, 1.165) is 13.0 Å². The molecule has 0 saturated heterocycles. The first kappa shape index (κ1) is 14.8. The van der Waals surface area contributed by atoms with Crippen LogP contribution in [0.15, 0.2) is 18.3 Å². The predicted molar refractivity (Wildman–Crippen MR) is 75.7 cm³/mol. The summed E-state index contributed by atoms with van der Waals surface area (Å²) in [4.78, 5) is 16.1. The standard InChI is InChI=1S/C15H22N2O3/c1-11(3-2-8-18)17-15(19)13-6-7-14(16-9-13)20-10-12-4-5-12/h6-7,9,11-12,18H,2-5,8,10H2,1H3,(H,17,19). The molecule has 0 bridgehead atoms. The van der Waals surface area contributed by atoms with Crippen LogP contribution in [0.2, 0.25) is 0 Å². The van der Waals surface area contributed by atoms with Crippen molar-refractivity contribution in [2.45, 2.75) is 38.6 Å². The van der Waals surface area contributed by atoms with Gasteiger partial charge in [-0.2, -0.15) is 0 Å². The van der Waals surface area contributed by atoms with Crippen LogP contribution in [0.3, 0.4) is 0 Å². The summed E-state index contributed by atoms with van der Waals surface area (Å²) in [7, 11) is 0. The van der Waals surface area contributed by atoms with E-state index in [1.54, 1.807) is 12.1 Å². The molecule has 2 N–H and O–H groups in total. The number of aliphatic hydroxyl groups excluding tert-OH is 1. The zero-order valence-corrected chi connectivity index (χ0v) is 11.8. The van der Waals surface area contributed by atoms with Crippen molar-refractivity contribution >= 4 is 5.91 Å². The van der Waals surface area contributed by atoms with Crippen molar-refractivity contribution in [2.75, 3.05) is 13.2 Å². The van der Waals surface area contributed by atoms with Crippen LogP contribution in [0.25, 0.3) is 0 Å². The molecule has 2 rings (SSSR count). The van der Waals surface area contributed by atoms with Crippen LogP contribution in [0.4, 0.5) is 0 Å². The molecule has 1 amide bonds. The number of carbonyl (C=O) groups excluding carboxylic acids is 1. The fourth-order valence-corrected chi connectivity index (χ4v) is 1.86. The summed E-state index contributed by atoms with van der Waals surface area (Å²) in [5, 5.41) is 11.6. The summed E-state index contributed by atoms with van der Waals surface area (Å²) < 4.78 is 5.53. The van der Waals surface area contributed by atoms with Crippen molar-refractivity contribution in [3.05, 3.63) is 23.9 Å². The molecule has 1 aromatic rings. The number of amides is 1. The summed E-state index contributed by atoms with van der Waals surface area (Å²) in [6, 6.07) is 3.50. The van der Waals surface area contributed by atoms with Crippen molar-refractivity contribution < 1.29 is 14.6 Å². The lowest BCUT2D eigenvalue weighted by atomic mass is 10.1. The Hall–Kier alpha value is -1.62. The zero-order chi connectivity index (χ0) is 14.4. The number of nitrogens with zero attached hydrogens (tertiary/aromatic N) is 1. The molecule has 1 aromatic heterocycles. The van der Waals surface area contributed by atoms with E-state index < -0.39 is 0 Å². The van der Waals surface area contributed by atoms with Crippen molar-refractivity contribution in [1.82, 2.24) is 10.3 Å². The minimum absolute atomic E-state index is 0.0421. The molecule has 110 valence electrons. The number of hydrogen-bond donors (Lipinski definition) is 2. The topological polar surface area (TPSA) is 71.5 Å². The number of ether oxygens (including phenoxy) is 1. The molecule has 1 heterocycles. The summed E-state index contributed by atoms with van der Waals surface area (Å²) in [5.41, 5.74) is 0.527. The van der Waals surface area contributed by atoms with E-state index in [-0.39, 0.29) is 18.6 Å². The van der Waals surface area contributed by atoms with Crippen LogP contribution >= 0.6 is 0 Å². The first-order valence-corrected chi connectivity index (χ1v) is 7.19. The van der Waals surface area contributed by atoms with Gasteiger partial charge in [0.15, 0.2) is 0 Å². The Labute approximate surface area is 119 Å². The van der Waals surface area contributed by atoms with E-state index in [0.29, 0.717) is 23.8 Å². The van der Waals surface area contributed by atoms with Crippen LogP contribution in [0, 0.1) is 5.92 Å². The summed E-state index contributed by atoms with van der Waals surface area (Å²) >= 11 is 0. The minimum atomic E-state index is -0.142. The lowest BCUT2D eigenvalue weighted by Crippen LogP contribution is -2.32. The largest absolute Gasteiger partial charge is 0.477 e. The molecule has 0 radical (unpaired) electrons. The molecule has 0 aromatic carbocycles. The van der Waals surface area contributed by atoms with Gasteiger partial charge in [-0.05, 0) is 44.6 Å². The van der Waals surface area contributed by atoms with Gasteiger partial charge in [-0.15, -0.1) is 0 Å². The lowest BCUT2D eigenvalue weighted by molar-refractivity contribution is 0.0936. The van der Waals surface area contributed by atoms with Crippen molar-refractivity contribution in [2.24, 2.45) is 5.92 Å². The molecule has 1 fully saturated rings. The Kier molecular flexibility index (Phi) is 5.35. The Morgan fingerprint density at radius 3 is 2.95 bits per heavy atom. The summed E-state index contributed by atoms with van der Waals surface area (Å²) in [6.07, 6.45) is 5.47. The number of rotatable bonds is 8. The number of nitrogens with one attached hydrogen (secondary N) is 1. The van der Waals surface area contributed by atoms with Crippen LogP contribution in [-0.2, 0) is 0 Å². The van der Waals surface area contributed by atoms with Gasteiger partial charge in [0.2, 0.25) is 5.88 Å². The highest BCUT2D eigenvalue weighted by Crippen LogP contribution is 2.29. The monoisotopic (exact) mass is 278 g/mol. The second-order valence-corrected chi connectivity index (χ2v) is 5.38. The maximum Gasteiger partial charge on any atom is 0.253 e. The van der Waals surface area contributed by atoms with E-state index in [2.05, 4.69) is 10.3 Å². The van der Waals surface area contributed by atoms with Crippen LogP contribution in [0.1, 0.15) is 43.0 Å². The van der Waals surface area contributed by atoms with E-state index in [4.69, 9.17) is 9.84 Å². The average Bonchev–Trinajstić information content (AvgIpc) is 3.27. The summed E-state index contributed by atoms with van der Waals surface area (Å²) in [5.74, 6) is 1.12. The molecule has 20 heavy (non-hydrogen) atoms. The second kappa shape index (κ2) is 7.24. The van der Waals surface area contributed by atoms with Gasteiger partial charge in [-0.25, -0.2) is 4.98 Å². The molecule has 5 heteroatoms. The van der Waals surface area contributed by atoms with Gasteiger partial charge in [0.05, 0.1) is 12.2 Å². The third kappa shape index (κ3) is 4.81. The van der Waals surface area contributed by atoms with Gasteiger partial charge < -0.3 is 15.2 Å². The minimum Gasteiger partial charge on any atom is -0.477 e. The smallest absolute Gasteiger partial charge is 0.253 e. The fraction of sp³-hybridized carbons (Fsp3) is 0.600. The number of hydrogen-bond acceptors (Lipinski definition) is 4. The number of aromatic nitrogens is 1. The molecule has 1 saturated carbocycles. The lowest BCUT2D eigenvalue weighted by Gasteiger charge is -2.13. The predicted octanol–water partition coefficient (Wildman–Crippen LogP) is 1.76. The third-order valence-corrected chi connectivity index (χ3v) is 3.34. The average molecular weight is 278 g/mol. The van der Waals surface area contributed by atoms with Crippen LogP contribution < -0.4 is 10.1 Å². The molecular weight excluding hydrogens is 256 g/mol. The molecule has 1 atom stereocenters. The molecule has 0 aliphatic heterocycles. The Morgan fingerprint density at radius 1 is 1.55 bits per heavy atom. The van der Waals surface area contributed by atoms with Gasteiger partial charge >= 0.3 is 0 Å². The quantitative estimate of drug-likeness (QED) is 0.760. The highest BCUT2D eigenvalue weighted by molar-refractivity contribution is 5.94. The van der Waals surface area contributed by atoms with E-state index in [1.807, 2.05) is 6.92 Å². The highest BCUT2D eigenvalue weighted by atomic mass is 16.5. The van der Waals surface area contributed by atoms with Crippen LogP contribution in [-0.4, -0.2) is 35.3 Å². The van der Waals surface area contributed by atoms with E-state index in [9.17, 15) is 4.79 Å². The van der Waals surface area contributed by atoms with Gasteiger partial charge in [-0.3, -0.25) is 4.79 Å². The Morgan fingerprint density at radius 2 is 2.35 bits per heavy atom. The van der Waals surface area contributed by atoms with Crippen molar-refractivity contribution in [3.8, 4) is 5.88 Å². The van der Waals surface area contributed by atoms with Crippen molar-refractivity contribution in [3.63, 3.8) is 0 Å². The van der Waals surface area contributed by atoms with Gasteiger partial charge in [0, 0.05) is 24.9 Å². The molecular formula is C15H22N2O3. The molecule has 1 aliphatic carbocycles. The van der Waals surface area contributed by atoms with E-state index >= 15 is 0 Å². The van der Waals surface area contributed by atoms with Gasteiger partial charge in [0.1, 0.15) is 0 Å². The van der Waals surface area contributed by atoms with Gasteiger partial charge in [0.25, 0.3) is 5.91 Å². The zero-order valence-electron chi connectivity index (χ0n) is 11.8. The highest BCUT2D eigenvalue weighted by Gasteiger charge is 2.22. The molecule has 0 spiro atoms. The third-order valence-electron chi connectivity index (χ3n) is 3.34. The fourth-order valence-electron chi connectivity index (χ4n) is 1.86. The first-order valence-electron chi connectivity index (χ1n) is 7.19. The Bertz CT molecular complexity index is 429. The maximum atomic E-state index is 12.0. The molecule has 1 unspecified atom stereocenters. The number of aliphatic hydroxyl groups is 1. The molecule has 5 nitrogen and oxygen atoms in total. The number of carbonyl (C=O) groups is 1. The van der Waals surface area contributed by atoms with Crippen molar-refractivity contribution in [1.29, 1.82) is 0 Å². The molecule has 1 aliphatic rings. The summed E-state index contributed by atoms with van der Waals surface area (Å²) in [6.45, 7) is 2.79. The second-order valence-electron chi connectivity index (χ2n) is 5.38. The first-order chi connectivity index (χ1) is 9.69. The van der Waals surface area contributed by atoms with Gasteiger partial charge in [-0.1, -0.05) is 0 Å². The SMILES string of the molecule is CC(CCCO)NC(=O)c1ccc(OCC2CC2)nc1.